The summed E-state index contributed by atoms with van der Waals surface area (Å²) in [4.78, 5) is 41.3. The van der Waals surface area contributed by atoms with Crippen molar-refractivity contribution in [2.24, 2.45) is 5.73 Å². The standard InChI is InChI=1S/C25H23N5O3/c1-15-20(16(2)30-25(28-15)21(14-27-30)24(26)33)11-12-22(31)29-19-10-6-9-18(13-19)23(32)17-7-4-3-5-8-17/h3-10,13-14H,11-12H2,1-2H3,(H2,26,33)(H,29,31). The van der Waals surface area contributed by atoms with Crippen LogP contribution in [-0.4, -0.2) is 32.2 Å². The number of hydrogen-bond donors (Lipinski definition) is 2. The fraction of sp³-hybridized carbons (Fsp3) is 0.160. The Bertz CT molecular complexity index is 1380. The number of anilines is 1. The molecule has 33 heavy (non-hydrogen) atoms. The van der Waals surface area contributed by atoms with Crippen molar-refractivity contribution in [3.05, 3.63) is 94.4 Å². The lowest BCUT2D eigenvalue weighted by Gasteiger charge is -2.12. The minimum Gasteiger partial charge on any atom is -0.365 e. The smallest absolute Gasteiger partial charge is 0.254 e. The molecule has 2 amide bonds. The highest BCUT2D eigenvalue weighted by atomic mass is 16.2. The maximum atomic E-state index is 12.7. The largest absolute Gasteiger partial charge is 0.365 e. The molecular formula is C25H23N5O3. The summed E-state index contributed by atoms with van der Waals surface area (Å²) in [5.74, 6) is -0.875. The predicted octanol–water partition coefficient (Wildman–Crippen LogP) is 3.25. The molecule has 4 aromatic rings. The monoisotopic (exact) mass is 441 g/mol. The summed E-state index contributed by atoms with van der Waals surface area (Å²) < 4.78 is 1.57. The molecule has 4 rings (SSSR count). The number of hydrogen-bond acceptors (Lipinski definition) is 5. The quantitative estimate of drug-likeness (QED) is 0.427. The van der Waals surface area contributed by atoms with Gasteiger partial charge in [0.05, 0.1) is 6.20 Å². The Kier molecular flexibility index (Phi) is 5.99. The van der Waals surface area contributed by atoms with E-state index in [1.54, 1.807) is 40.9 Å². The highest BCUT2D eigenvalue weighted by Crippen LogP contribution is 2.19. The van der Waals surface area contributed by atoms with E-state index in [9.17, 15) is 14.4 Å². The number of nitrogens with two attached hydrogens (primary N) is 1. The van der Waals surface area contributed by atoms with Gasteiger partial charge in [-0.05, 0) is 38.0 Å². The van der Waals surface area contributed by atoms with E-state index in [4.69, 9.17) is 5.73 Å². The number of fused-ring (bicyclic) bond motifs is 1. The van der Waals surface area contributed by atoms with Gasteiger partial charge in [0.2, 0.25) is 5.91 Å². The summed E-state index contributed by atoms with van der Waals surface area (Å²) >= 11 is 0. The first-order chi connectivity index (χ1) is 15.8. The number of ketones is 1. The normalized spacial score (nSPS) is 10.8. The fourth-order valence-electron chi connectivity index (χ4n) is 3.80. The molecule has 0 aliphatic heterocycles. The molecule has 2 aromatic carbocycles. The van der Waals surface area contributed by atoms with E-state index < -0.39 is 5.91 Å². The van der Waals surface area contributed by atoms with Crippen LogP contribution < -0.4 is 11.1 Å². The van der Waals surface area contributed by atoms with Gasteiger partial charge in [-0.3, -0.25) is 14.4 Å². The van der Waals surface area contributed by atoms with Crippen molar-refractivity contribution in [1.29, 1.82) is 0 Å². The van der Waals surface area contributed by atoms with E-state index in [2.05, 4.69) is 15.4 Å². The first-order valence-electron chi connectivity index (χ1n) is 10.5. The van der Waals surface area contributed by atoms with Crippen molar-refractivity contribution < 1.29 is 14.4 Å². The second-order valence-corrected chi connectivity index (χ2v) is 7.74. The Morgan fingerprint density at radius 2 is 1.73 bits per heavy atom. The molecule has 0 unspecified atom stereocenters. The average Bonchev–Trinajstić information content (AvgIpc) is 3.23. The van der Waals surface area contributed by atoms with Crippen LogP contribution in [0.25, 0.3) is 5.65 Å². The summed E-state index contributed by atoms with van der Waals surface area (Å²) in [6, 6.07) is 15.9. The van der Waals surface area contributed by atoms with Crippen molar-refractivity contribution in [1.82, 2.24) is 14.6 Å². The summed E-state index contributed by atoms with van der Waals surface area (Å²) in [5.41, 5.74) is 10.1. The van der Waals surface area contributed by atoms with E-state index in [0.717, 1.165) is 11.3 Å². The van der Waals surface area contributed by atoms with Crippen molar-refractivity contribution in [2.45, 2.75) is 26.7 Å². The number of carbonyl (C=O) groups is 3. The van der Waals surface area contributed by atoms with E-state index in [1.807, 2.05) is 32.0 Å². The molecular weight excluding hydrogens is 418 g/mol. The molecule has 0 aliphatic carbocycles. The average molecular weight is 441 g/mol. The Labute approximate surface area is 190 Å². The zero-order valence-electron chi connectivity index (χ0n) is 18.3. The van der Waals surface area contributed by atoms with Gasteiger partial charge in [0.15, 0.2) is 11.4 Å². The highest BCUT2D eigenvalue weighted by Gasteiger charge is 2.17. The lowest BCUT2D eigenvalue weighted by Crippen LogP contribution is -2.15. The number of nitrogens with one attached hydrogen (secondary N) is 1. The number of benzene rings is 2. The van der Waals surface area contributed by atoms with Crippen LogP contribution in [0.1, 0.15) is 49.7 Å². The van der Waals surface area contributed by atoms with E-state index in [0.29, 0.717) is 34.6 Å². The lowest BCUT2D eigenvalue weighted by atomic mass is 10.0. The van der Waals surface area contributed by atoms with Crippen LogP contribution in [0.5, 0.6) is 0 Å². The Morgan fingerprint density at radius 3 is 2.45 bits per heavy atom. The van der Waals surface area contributed by atoms with Crippen LogP contribution in [0.15, 0.2) is 60.8 Å². The minimum absolute atomic E-state index is 0.105. The van der Waals surface area contributed by atoms with Crippen molar-refractivity contribution in [2.75, 3.05) is 5.32 Å². The molecule has 3 N–H and O–H groups in total. The third-order valence-corrected chi connectivity index (χ3v) is 5.52. The Balaban J connectivity index is 1.47. The molecule has 2 aromatic heterocycles. The van der Waals surface area contributed by atoms with Gasteiger partial charge in [-0.15, -0.1) is 0 Å². The van der Waals surface area contributed by atoms with Crippen molar-refractivity contribution in [3.63, 3.8) is 0 Å². The number of aromatic nitrogens is 3. The number of aryl methyl sites for hydroxylation is 2. The molecule has 0 saturated carbocycles. The van der Waals surface area contributed by atoms with E-state index in [-0.39, 0.29) is 23.7 Å². The summed E-state index contributed by atoms with van der Waals surface area (Å²) in [6.07, 6.45) is 2.06. The molecule has 0 fully saturated rings. The topological polar surface area (TPSA) is 119 Å². The second-order valence-electron chi connectivity index (χ2n) is 7.74. The predicted molar refractivity (Wildman–Crippen MR) is 124 cm³/mol. The van der Waals surface area contributed by atoms with Gasteiger partial charge in [0.1, 0.15) is 5.56 Å². The lowest BCUT2D eigenvalue weighted by molar-refractivity contribution is -0.116. The minimum atomic E-state index is -0.587. The molecule has 0 atom stereocenters. The SMILES string of the molecule is Cc1nc2c(C(N)=O)cnn2c(C)c1CCC(=O)Nc1cccc(C(=O)c2ccccc2)c1. The number of amides is 2. The van der Waals surface area contributed by atoms with Crippen LogP contribution >= 0.6 is 0 Å². The van der Waals surface area contributed by atoms with Crippen LogP contribution in [0.2, 0.25) is 0 Å². The second kappa shape index (κ2) is 9.04. The number of nitrogens with zero attached hydrogens (tertiary/aromatic N) is 3. The van der Waals surface area contributed by atoms with Crippen molar-refractivity contribution in [3.8, 4) is 0 Å². The van der Waals surface area contributed by atoms with E-state index >= 15 is 0 Å². The van der Waals surface area contributed by atoms with Crippen LogP contribution in [0.3, 0.4) is 0 Å². The van der Waals surface area contributed by atoms with Gasteiger partial charge in [-0.25, -0.2) is 9.50 Å². The third kappa shape index (κ3) is 4.50. The highest BCUT2D eigenvalue weighted by molar-refractivity contribution is 6.09. The van der Waals surface area contributed by atoms with Crippen LogP contribution in [-0.2, 0) is 11.2 Å². The molecule has 0 aliphatic rings. The van der Waals surface area contributed by atoms with Gasteiger partial charge >= 0.3 is 0 Å². The first kappa shape index (κ1) is 21.9. The third-order valence-electron chi connectivity index (χ3n) is 5.52. The van der Waals surface area contributed by atoms with Gasteiger partial charge in [0, 0.05) is 34.6 Å². The molecule has 8 heteroatoms. The van der Waals surface area contributed by atoms with Gasteiger partial charge in [0.25, 0.3) is 5.91 Å². The van der Waals surface area contributed by atoms with E-state index in [1.165, 1.54) is 6.20 Å². The zero-order chi connectivity index (χ0) is 23.5. The summed E-state index contributed by atoms with van der Waals surface area (Å²) in [6.45, 7) is 3.70. The van der Waals surface area contributed by atoms with Gasteiger partial charge < -0.3 is 11.1 Å². The van der Waals surface area contributed by atoms with Gasteiger partial charge in [-0.2, -0.15) is 5.10 Å². The zero-order valence-corrected chi connectivity index (χ0v) is 18.3. The fourth-order valence-corrected chi connectivity index (χ4v) is 3.80. The molecule has 0 saturated heterocycles. The maximum absolute atomic E-state index is 12.7. The first-order valence-corrected chi connectivity index (χ1v) is 10.5. The maximum Gasteiger partial charge on any atom is 0.254 e. The summed E-state index contributed by atoms with van der Waals surface area (Å²) in [7, 11) is 0. The number of carbonyl (C=O) groups excluding carboxylic acids is 3. The van der Waals surface area contributed by atoms with Crippen LogP contribution in [0, 0.1) is 13.8 Å². The number of primary amides is 1. The molecule has 166 valence electrons. The Morgan fingerprint density at radius 1 is 1.00 bits per heavy atom. The number of rotatable bonds is 7. The molecule has 0 spiro atoms. The van der Waals surface area contributed by atoms with Crippen molar-refractivity contribution >= 4 is 28.9 Å². The molecule has 0 radical (unpaired) electrons. The Hall–Kier alpha value is -4.33. The molecule has 8 nitrogen and oxygen atoms in total. The molecule has 2 heterocycles. The van der Waals surface area contributed by atoms with Gasteiger partial charge in [-0.1, -0.05) is 42.5 Å². The summed E-state index contributed by atoms with van der Waals surface area (Å²) in [5, 5.41) is 7.07. The molecule has 0 bridgehead atoms. The van der Waals surface area contributed by atoms with Crippen LogP contribution in [0.4, 0.5) is 5.69 Å².